The molecule has 0 aliphatic carbocycles. The van der Waals surface area contributed by atoms with E-state index in [1.807, 2.05) is 5.38 Å². The minimum absolute atomic E-state index is 0.00559. The highest BCUT2D eigenvalue weighted by Gasteiger charge is 2.27. The summed E-state index contributed by atoms with van der Waals surface area (Å²) < 4.78 is 16.9. The van der Waals surface area contributed by atoms with Crippen molar-refractivity contribution in [1.82, 2.24) is 20.6 Å². The van der Waals surface area contributed by atoms with Crippen LogP contribution in [0, 0.1) is 0 Å². The first-order valence-electron chi connectivity index (χ1n) is 8.19. The lowest BCUT2D eigenvalue weighted by molar-refractivity contribution is -0.135. The fourth-order valence-electron chi connectivity index (χ4n) is 2.44. The average Bonchev–Trinajstić information content (AvgIpc) is 3.36. The molecule has 3 heterocycles. The lowest BCUT2D eigenvalue weighted by Gasteiger charge is -2.25. The van der Waals surface area contributed by atoms with Crippen LogP contribution in [-0.4, -0.2) is 34.3 Å². The van der Waals surface area contributed by atoms with Crippen LogP contribution in [0.3, 0.4) is 0 Å². The Morgan fingerprint density at radius 2 is 2.00 bits per heavy atom. The molecule has 0 saturated heterocycles. The van der Waals surface area contributed by atoms with Crippen LogP contribution in [0.4, 0.5) is 0 Å². The van der Waals surface area contributed by atoms with Crippen molar-refractivity contribution in [3.05, 3.63) is 52.3 Å². The number of amides is 2. The summed E-state index contributed by atoms with van der Waals surface area (Å²) in [5.74, 6) is -0.903. The number of hydrogen-bond acceptors (Lipinski definition) is 8. The molecule has 0 bridgehead atoms. The number of aromatic nitrogens is 2. The van der Waals surface area contributed by atoms with Gasteiger partial charge in [-0.1, -0.05) is 18.2 Å². The van der Waals surface area contributed by atoms with Crippen LogP contribution < -0.4 is 26.1 Å². The van der Waals surface area contributed by atoms with E-state index in [9.17, 15) is 14.4 Å². The van der Waals surface area contributed by atoms with Gasteiger partial charge in [0.25, 0.3) is 17.7 Å². The third kappa shape index (κ3) is 3.74. The van der Waals surface area contributed by atoms with Gasteiger partial charge < -0.3 is 13.9 Å². The predicted molar refractivity (Wildman–Crippen MR) is 96.7 cm³/mol. The van der Waals surface area contributed by atoms with Gasteiger partial charge in [0.1, 0.15) is 13.2 Å². The summed E-state index contributed by atoms with van der Waals surface area (Å²) in [7, 11) is 0. The van der Waals surface area contributed by atoms with E-state index in [0.29, 0.717) is 16.4 Å². The number of carbonyl (C=O) groups excluding carboxylic acids is 2. The van der Waals surface area contributed by atoms with E-state index in [2.05, 4.69) is 16.0 Å². The van der Waals surface area contributed by atoms with Crippen LogP contribution in [0.5, 0.6) is 11.5 Å². The number of nitrogens with one attached hydrogen (secondary N) is 2. The van der Waals surface area contributed by atoms with Gasteiger partial charge in [0, 0.05) is 0 Å². The summed E-state index contributed by atoms with van der Waals surface area (Å²) in [6.07, 6.45) is -0.921. The standard InChI is InChI=1S/C17H14N4O6S/c22-14(8-21-17(24)27-16(20-21)13-6-3-7-28-13)18-19-15(23)12-9-25-10-4-1-2-5-11(10)26-12/h1-7,12H,8-9H2,(H,18,22)(H,19,23). The number of hydrazine groups is 1. The number of para-hydroxylation sites is 2. The number of ether oxygens (including phenoxy) is 2. The van der Waals surface area contributed by atoms with Crippen molar-refractivity contribution in [2.24, 2.45) is 0 Å². The molecule has 0 saturated carbocycles. The van der Waals surface area contributed by atoms with Crippen LogP contribution in [0.15, 0.2) is 51.0 Å². The number of carbonyl (C=O) groups is 2. The van der Waals surface area contributed by atoms with Gasteiger partial charge in [-0.2, -0.15) is 4.68 Å². The van der Waals surface area contributed by atoms with E-state index < -0.39 is 30.2 Å². The Morgan fingerprint density at radius 1 is 1.18 bits per heavy atom. The smallest absolute Gasteiger partial charge is 0.437 e. The normalized spacial score (nSPS) is 15.1. The van der Waals surface area contributed by atoms with Crippen molar-refractivity contribution in [2.45, 2.75) is 12.6 Å². The van der Waals surface area contributed by atoms with Crippen LogP contribution in [0.1, 0.15) is 0 Å². The van der Waals surface area contributed by atoms with E-state index in [1.54, 1.807) is 36.4 Å². The highest BCUT2D eigenvalue weighted by molar-refractivity contribution is 7.13. The highest BCUT2D eigenvalue weighted by atomic mass is 32.1. The molecule has 11 heteroatoms. The first-order valence-corrected chi connectivity index (χ1v) is 9.07. The van der Waals surface area contributed by atoms with Gasteiger partial charge in [0.05, 0.1) is 4.88 Å². The molecule has 2 aromatic heterocycles. The molecule has 2 N–H and O–H groups in total. The number of rotatable bonds is 4. The fraction of sp³-hybridized carbons (Fsp3) is 0.176. The largest absolute Gasteiger partial charge is 0.485 e. The number of fused-ring (bicyclic) bond motifs is 1. The molecule has 0 radical (unpaired) electrons. The van der Waals surface area contributed by atoms with Gasteiger partial charge >= 0.3 is 5.76 Å². The molecule has 2 amide bonds. The van der Waals surface area contributed by atoms with Crippen LogP contribution >= 0.6 is 11.3 Å². The maximum atomic E-state index is 12.2. The topological polar surface area (TPSA) is 125 Å². The molecule has 1 aliphatic rings. The van der Waals surface area contributed by atoms with E-state index in [-0.39, 0.29) is 12.5 Å². The molecular weight excluding hydrogens is 388 g/mol. The average molecular weight is 402 g/mol. The molecule has 0 spiro atoms. The second-order valence-corrected chi connectivity index (χ2v) is 6.66. The van der Waals surface area contributed by atoms with E-state index in [0.717, 1.165) is 4.68 Å². The van der Waals surface area contributed by atoms with Crippen molar-refractivity contribution in [2.75, 3.05) is 6.61 Å². The lowest BCUT2D eigenvalue weighted by atomic mass is 10.2. The molecule has 0 fully saturated rings. The van der Waals surface area contributed by atoms with E-state index in [4.69, 9.17) is 13.9 Å². The summed E-state index contributed by atoms with van der Waals surface area (Å²) in [6, 6.07) is 10.5. The second-order valence-electron chi connectivity index (χ2n) is 5.71. The molecule has 10 nitrogen and oxygen atoms in total. The number of hydrogen-bond donors (Lipinski definition) is 2. The quantitative estimate of drug-likeness (QED) is 0.611. The lowest BCUT2D eigenvalue weighted by Crippen LogP contribution is -2.51. The van der Waals surface area contributed by atoms with E-state index in [1.165, 1.54) is 11.3 Å². The Hall–Kier alpha value is -3.60. The minimum atomic E-state index is -0.921. The molecule has 3 aromatic rings. The third-order valence-electron chi connectivity index (χ3n) is 3.76. The zero-order valence-electron chi connectivity index (χ0n) is 14.3. The van der Waals surface area contributed by atoms with Gasteiger partial charge in [-0.15, -0.1) is 16.4 Å². The van der Waals surface area contributed by atoms with Crippen molar-refractivity contribution in [1.29, 1.82) is 0 Å². The molecule has 1 unspecified atom stereocenters. The first kappa shape index (κ1) is 17.8. The van der Waals surface area contributed by atoms with Gasteiger partial charge in [-0.05, 0) is 23.6 Å². The second kappa shape index (κ2) is 7.56. The number of nitrogens with zero attached hydrogens (tertiary/aromatic N) is 2. The molecule has 144 valence electrons. The molecule has 1 aromatic carbocycles. The Labute approximate surface area is 161 Å². The number of thiophene rings is 1. The summed E-state index contributed by atoms with van der Waals surface area (Å²) in [5.41, 5.74) is 4.45. The summed E-state index contributed by atoms with van der Waals surface area (Å²) in [6.45, 7) is -0.412. The van der Waals surface area contributed by atoms with Gasteiger partial charge in [0.2, 0.25) is 6.10 Å². The van der Waals surface area contributed by atoms with Crippen LogP contribution in [0.25, 0.3) is 10.8 Å². The van der Waals surface area contributed by atoms with Crippen molar-refractivity contribution >= 4 is 23.2 Å². The van der Waals surface area contributed by atoms with Crippen LogP contribution in [-0.2, 0) is 16.1 Å². The number of benzene rings is 1. The monoisotopic (exact) mass is 402 g/mol. The SMILES string of the molecule is O=C(Cn1nc(-c2cccs2)oc1=O)NNC(=O)C1COc2ccccc2O1. The van der Waals surface area contributed by atoms with Crippen molar-refractivity contribution in [3.63, 3.8) is 0 Å². The van der Waals surface area contributed by atoms with Gasteiger partial charge in [0.15, 0.2) is 11.5 Å². The Balaban J connectivity index is 1.31. The minimum Gasteiger partial charge on any atom is -0.485 e. The van der Waals surface area contributed by atoms with Gasteiger partial charge in [-0.3, -0.25) is 20.4 Å². The van der Waals surface area contributed by atoms with Gasteiger partial charge in [-0.25, -0.2) is 4.79 Å². The summed E-state index contributed by atoms with van der Waals surface area (Å²) >= 11 is 1.35. The Morgan fingerprint density at radius 3 is 2.79 bits per heavy atom. The maximum absolute atomic E-state index is 12.2. The molecule has 28 heavy (non-hydrogen) atoms. The summed E-state index contributed by atoms with van der Waals surface area (Å²) in [5, 5.41) is 5.78. The first-order chi connectivity index (χ1) is 13.6. The molecule has 1 aliphatic heterocycles. The zero-order chi connectivity index (χ0) is 19.5. The molecular formula is C17H14N4O6S. The third-order valence-corrected chi connectivity index (χ3v) is 4.62. The zero-order valence-corrected chi connectivity index (χ0v) is 15.1. The predicted octanol–water partition coefficient (Wildman–Crippen LogP) is 0.552. The molecule has 1 atom stereocenters. The van der Waals surface area contributed by atoms with Crippen molar-refractivity contribution < 1.29 is 23.5 Å². The van der Waals surface area contributed by atoms with Crippen LogP contribution in [0.2, 0.25) is 0 Å². The molecule has 4 rings (SSSR count). The highest BCUT2D eigenvalue weighted by Crippen LogP contribution is 2.30. The maximum Gasteiger partial charge on any atom is 0.437 e. The van der Waals surface area contributed by atoms with E-state index >= 15 is 0 Å². The fourth-order valence-corrected chi connectivity index (χ4v) is 3.09. The summed E-state index contributed by atoms with van der Waals surface area (Å²) in [4.78, 5) is 36.6. The Bertz CT molecular complexity index is 1060. The Kier molecular flexibility index (Phi) is 4.81. The van der Waals surface area contributed by atoms with Crippen molar-refractivity contribution in [3.8, 4) is 22.3 Å².